The van der Waals surface area contributed by atoms with E-state index in [0.29, 0.717) is 11.3 Å². The number of hydrogen-bond acceptors (Lipinski definition) is 3. The zero-order chi connectivity index (χ0) is 12.0. The van der Waals surface area contributed by atoms with Gasteiger partial charge in [-0.15, -0.1) is 0 Å². The molecule has 2 amide bonds. The van der Waals surface area contributed by atoms with Gasteiger partial charge in [-0.05, 0) is 24.3 Å². The summed E-state index contributed by atoms with van der Waals surface area (Å²) < 4.78 is 4.97. The van der Waals surface area contributed by atoms with E-state index in [-0.39, 0.29) is 18.4 Å². The maximum absolute atomic E-state index is 11.5. The molecule has 1 aromatic carbocycles. The number of ether oxygens (including phenoxy) is 1. The summed E-state index contributed by atoms with van der Waals surface area (Å²) in [5.41, 5.74) is 0.490. The van der Waals surface area contributed by atoms with Crippen LogP contribution in [0.25, 0.3) is 0 Å². The van der Waals surface area contributed by atoms with Gasteiger partial charge in [-0.2, -0.15) is 0 Å². The lowest BCUT2D eigenvalue weighted by atomic mass is 10.2. The number of carbonyl (C=O) groups excluding carboxylic acids is 2. The Balaban J connectivity index is 2.56. The second-order valence-corrected chi connectivity index (χ2v) is 3.08. The third kappa shape index (κ3) is 3.27. The van der Waals surface area contributed by atoms with E-state index in [2.05, 4.69) is 10.6 Å². The molecule has 0 fully saturated rings. The molecule has 0 aliphatic rings. The van der Waals surface area contributed by atoms with Crippen LogP contribution in [0.2, 0.25) is 0 Å². The molecule has 2 N–H and O–H groups in total. The first-order valence-corrected chi connectivity index (χ1v) is 4.80. The fourth-order valence-electron chi connectivity index (χ4n) is 1.09. The zero-order valence-electron chi connectivity index (χ0n) is 9.24. The van der Waals surface area contributed by atoms with Crippen LogP contribution in [-0.2, 0) is 4.79 Å². The van der Waals surface area contributed by atoms with E-state index < -0.39 is 0 Å². The smallest absolute Gasteiger partial charge is 0.251 e. The first-order valence-electron chi connectivity index (χ1n) is 4.80. The Kier molecular flexibility index (Phi) is 4.32. The molecule has 0 bridgehead atoms. The molecule has 0 unspecified atom stereocenters. The molecule has 0 aliphatic carbocycles. The van der Waals surface area contributed by atoms with Crippen molar-refractivity contribution >= 4 is 11.8 Å². The van der Waals surface area contributed by atoms with Crippen molar-refractivity contribution in [2.75, 3.05) is 20.7 Å². The van der Waals surface area contributed by atoms with Crippen molar-refractivity contribution < 1.29 is 14.3 Å². The van der Waals surface area contributed by atoms with Gasteiger partial charge in [-0.3, -0.25) is 9.59 Å². The molecule has 0 aromatic heterocycles. The zero-order valence-corrected chi connectivity index (χ0v) is 9.24. The molecule has 5 heteroatoms. The number of rotatable bonds is 4. The van der Waals surface area contributed by atoms with Crippen molar-refractivity contribution in [3.63, 3.8) is 0 Å². The second-order valence-electron chi connectivity index (χ2n) is 3.08. The molecule has 0 heterocycles. The monoisotopic (exact) mass is 222 g/mol. The SMILES string of the molecule is CNC(=O)CNC(=O)c1ccc(OC)cc1. The number of nitrogens with one attached hydrogen (secondary N) is 2. The minimum Gasteiger partial charge on any atom is -0.497 e. The highest BCUT2D eigenvalue weighted by atomic mass is 16.5. The van der Waals surface area contributed by atoms with Crippen molar-refractivity contribution in [1.82, 2.24) is 10.6 Å². The number of carbonyl (C=O) groups is 2. The Bertz CT molecular complexity index is 373. The maximum atomic E-state index is 11.5. The number of likely N-dealkylation sites (N-methyl/N-ethyl adjacent to an activating group) is 1. The van der Waals surface area contributed by atoms with E-state index in [1.807, 2.05) is 0 Å². The van der Waals surface area contributed by atoms with Gasteiger partial charge in [0.05, 0.1) is 13.7 Å². The first-order chi connectivity index (χ1) is 7.67. The highest BCUT2D eigenvalue weighted by molar-refractivity contribution is 5.96. The van der Waals surface area contributed by atoms with E-state index in [9.17, 15) is 9.59 Å². The lowest BCUT2D eigenvalue weighted by Crippen LogP contribution is -2.35. The highest BCUT2D eigenvalue weighted by Crippen LogP contribution is 2.10. The molecule has 0 aliphatic heterocycles. The molecular formula is C11H14N2O3. The van der Waals surface area contributed by atoms with Crippen molar-refractivity contribution in [3.8, 4) is 5.75 Å². The van der Waals surface area contributed by atoms with Gasteiger partial charge in [0.1, 0.15) is 5.75 Å². The summed E-state index contributed by atoms with van der Waals surface area (Å²) in [6, 6.07) is 6.65. The van der Waals surface area contributed by atoms with Crippen LogP contribution in [0, 0.1) is 0 Å². The van der Waals surface area contributed by atoms with Gasteiger partial charge < -0.3 is 15.4 Å². The summed E-state index contributed by atoms with van der Waals surface area (Å²) >= 11 is 0. The Hall–Kier alpha value is -2.04. The van der Waals surface area contributed by atoms with Gasteiger partial charge in [-0.25, -0.2) is 0 Å². The minimum absolute atomic E-state index is 0.0264. The van der Waals surface area contributed by atoms with Crippen LogP contribution in [0.4, 0.5) is 0 Å². The molecule has 0 saturated carbocycles. The molecule has 86 valence electrons. The molecule has 0 radical (unpaired) electrons. The molecule has 1 aromatic rings. The number of amides is 2. The van der Waals surface area contributed by atoms with Crippen LogP contribution in [0.3, 0.4) is 0 Å². The van der Waals surface area contributed by atoms with Gasteiger partial charge in [0.25, 0.3) is 5.91 Å². The molecule has 0 saturated heterocycles. The lowest BCUT2D eigenvalue weighted by molar-refractivity contribution is -0.119. The fraction of sp³-hybridized carbons (Fsp3) is 0.273. The average molecular weight is 222 g/mol. The average Bonchev–Trinajstić information content (AvgIpc) is 2.35. The number of hydrogen-bond donors (Lipinski definition) is 2. The van der Waals surface area contributed by atoms with Crippen molar-refractivity contribution in [3.05, 3.63) is 29.8 Å². The van der Waals surface area contributed by atoms with Crippen molar-refractivity contribution in [1.29, 1.82) is 0 Å². The fourth-order valence-corrected chi connectivity index (χ4v) is 1.09. The van der Waals surface area contributed by atoms with E-state index in [1.165, 1.54) is 7.05 Å². The number of methoxy groups -OCH3 is 1. The Labute approximate surface area is 93.8 Å². The minimum atomic E-state index is -0.286. The summed E-state index contributed by atoms with van der Waals surface area (Å²) in [6.07, 6.45) is 0. The van der Waals surface area contributed by atoms with Gasteiger partial charge in [0.15, 0.2) is 0 Å². The lowest BCUT2D eigenvalue weighted by Gasteiger charge is -2.05. The van der Waals surface area contributed by atoms with E-state index in [4.69, 9.17) is 4.74 Å². The quantitative estimate of drug-likeness (QED) is 0.763. The molecule has 0 atom stereocenters. The normalized spacial score (nSPS) is 9.38. The summed E-state index contributed by atoms with van der Waals surface area (Å²) in [4.78, 5) is 22.4. The summed E-state index contributed by atoms with van der Waals surface area (Å²) in [5, 5.41) is 4.91. The maximum Gasteiger partial charge on any atom is 0.251 e. The third-order valence-electron chi connectivity index (χ3n) is 2.04. The van der Waals surface area contributed by atoms with Gasteiger partial charge in [-0.1, -0.05) is 0 Å². The van der Waals surface area contributed by atoms with Crippen LogP contribution in [-0.4, -0.2) is 32.5 Å². The van der Waals surface area contributed by atoms with Crippen LogP contribution in [0.1, 0.15) is 10.4 Å². The summed E-state index contributed by atoms with van der Waals surface area (Å²) in [5.74, 6) is 0.163. The summed E-state index contributed by atoms with van der Waals surface area (Å²) in [6.45, 7) is -0.0264. The summed E-state index contributed by atoms with van der Waals surface area (Å²) in [7, 11) is 3.07. The van der Waals surface area contributed by atoms with Crippen LogP contribution >= 0.6 is 0 Å². The van der Waals surface area contributed by atoms with E-state index >= 15 is 0 Å². The Morgan fingerprint density at radius 1 is 1.25 bits per heavy atom. The number of benzene rings is 1. The van der Waals surface area contributed by atoms with E-state index in [1.54, 1.807) is 31.4 Å². The van der Waals surface area contributed by atoms with Gasteiger partial charge in [0, 0.05) is 12.6 Å². The van der Waals surface area contributed by atoms with Gasteiger partial charge in [0.2, 0.25) is 5.91 Å². The highest BCUT2D eigenvalue weighted by Gasteiger charge is 2.06. The molecule has 5 nitrogen and oxygen atoms in total. The predicted molar refractivity (Wildman–Crippen MR) is 59.4 cm³/mol. The topological polar surface area (TPSA) is 67.4 Å². The third-order valence-corrected chi connectivity index (χ3v) is 2.04. The first kappa shape index (κ1) is 12.0. The largest absolute Gasteiger partial charge is 0.497 e. The van der Waals surface area contributed by atoms with E-state index in [0.717, 1.165) is 0 Å². The second kappa shape index (κ2) is 5.75. The molecular weight excluding hydrogens is 208 g/mol. The Morgan fingerprint density at radius 2 is 1.88 bits per heavy atom. The van der Waals surface area contributed by atoms with Crippen LogP contribution in [0.15, 0.2) is 24.3 Å². The molecule has 0 spiro atoms. The predicted octanol–water partition coefficient (Wildman–Crippen LogP) is 0.171. The van der Waals surface area contributed by atoms with Crippen LogP contribution in [0.5, 0.6) is 5.75 Å². The van der Waals surface area contributed by atoms with Crippen molar-refractivity contribution in [2.45, 2.75) is 0 Å². The van der Waals surface area contributed by atoms with Crippen LogP contribution < -0.4 is 15.4 Å². The Morgan fingerprint density at radius 3 is 2.38 bits per heavy atom. The standard InChI is InChI=1S/C11H14N2O3/c1-12-10(14)7-13-11(15)8-3-5-9(16-2)6-4-8/h3-6H,7H2,1-2H3,(H,12,14)(H,13,15). The van der Waals surface area contributed by atoms with Crippen molar-refractivity contribution in [2.24, 2.45) is 0 Å². The molecule has 1 rings (SSSR count). The molecule has 16 heavy (non-hydrogen) atoms. The van der Waals surface area contributed by atoms with Gasteiger partial charge >= 0.3 is 0 Å².